The lowest BCUT2D eigenvalue weighted by Gasteiger charge is -2.19. The first-order valence-electron chi connectivity index (χ1n) is 8.49. The summed E-state index contributed by atoms with van der Waals surface area (Å²) < 4.78 is 5.24. The highest BCUT2D eigenvalue weighted by Gasteiger charge is 2.26. The molecule has 0 fully saturated rings. The number of aliphatic imine (C=N–C) groups is 1. The number of hydrogen-bond donors (Lipinski definition) is 4. The number of carbonyl (C=O) groups is 1. The molecule has 2 aromatic rings. The van der Waals surface area contributed by atoms with Crippen LogP contribution in [-0.4, -0.2) is 48.1 Å². The Labute approximate surface area is 175 Å². The molecule has 4 N–H and O–H groups in total. The molecule has 0 saturated carbocycles. The predicted octanol–water partition coefficient (Wildman–Crippen LogP) is 1.49. The molecule has 148 valence electrons. The first-order valence-corrected chi connectivity index (χ1v) is 8.49. The van der Waals surface area contributed by atoms with E-state index >= 15 is 0 Å². The lowest BCUT2D eigenvalue weighted by molar-refractivity contribution is 0.0437. The van der Waals surface area contributed by atoms with Gasteiger partial charge in [0.15, 0.2) is 5.96 Å². The normalized spacial score (nSPS) is 13.2. The van der Waals surface area contributed by atoms with E-state index in [9.17, 15) is 9.90 Å². The molecule has 0 spiro atoms. The van der Waals surface area contributed by atoms with Gasteiger partial charge in [-0.3, -0.25) is 9.78 Å². The van der Waals surface area contributed by atoms with Crippen molar-refractivity contribution < 1.29 is 14.3 Å². The van der Waals surface area contributed by atoms with Crippen molar-refractivity contribution in [2.24, 2.45) is 4.99 Å². The van der Waals surface area contributed by atoms with Crippen LogP contribution in [0.1, 0.15) is 30.0 Å². The Morgan fingerprint density at radius 1 is 1.26 bits per heavy atom. The molecule has 1 amide bonds. The lowest BCUT2D eigenvalue weighted by atomic mass is 10.0. The highest BCUT2D eigenvalue weighted by molar-refractivity contribution is 14.0. The van der Waals surface area contributed by atoms with E-state index in [1.807, 2.05) is 6.92 Å². The Morgan fingerprint density at radius 2 is 2.04 bits per heavy atom. The van der Waals surface area contributed by atoms with Crippen LogP contribution >= 0.6 is 24.0 Å². The molecule has 0 aliphatic carbocycles. The molecule has 2 rings (SSSR count). The van der Waals surface area contributed by atoms with Gasteiger partial charge in [-0.25, -0.2) is 4.99 Å². The Hall–Kier alpha value is -2.14. The highest BCUT2D eigenvalue weighted by atomic mass is 127. The van der Waals surface area contributed by atoms with Gasteiger partial charge in [0.1, 0.15) is 11.4 Å². The predicted molar refractivity (Wildman–Crippen MR) is 114 cm³/mol. The Bertz CT molecular complexity index is 705. The summed E-state index contributed by atoms with van der Waals surface area (Å²) in [6.07, 6.45) is 4.65. The highest BCUT2D eigenvalue weighted by Crippen LogP contribution is 2.20. The van der Waals surface area contributed by atoms with Gasteiger partial charge in [0.2, 0.25) is 0 Å². The minimum Gasteiger partial charge on any atom is -0.466 e. The molecular formula is C18H26IN5O3. The van der Waals surface area contributed by atoms with Gasteiger partial charge in [-0.1, -0.05) is 0 Å². The van der Waals surface area contributed by atoms with Crippen molar-refractivity contribution in [3.63, 3.8) is 0 Å². The van der Waals surface area contributed by atoms with Crippen molar-refractivity contribution in [1.82, 2.24) is 20.9 Å². The van der Waals surface area contributed by atoms with Gasteiger partial charge in [0.25, 0.3) is 5.91 Å². The van der Waals surface area contributed by atoms with Gasteiger partial charge in [-0.05, 0) is 38.1 Å². The first kappa shape index (κ1) is 22.9. The van der Waals surface area contributed by atoms with Gasteiger partial charge in [0.05, 0.1) is 18.4 Å². The minimum atomic E-state index is -1.19. The second kappa shape index (κ2) is 11.5. The van der Waals surface area contributed by atoms with Crippen LogP contribution in [0, 0.1) is 0 Å². The minimum absolute atomic E-state index is 0. The average molecular weight is 487 g/mol. The van der Waals surface area contributed by atoms with Crippen molar-refractivity contribution in [3.05, 3.63) is 54.2 Å². The number of halogens is 1. The summed E-state index contributed by atoms with van der Waals surface area (Å²) in [6, 6.07) is 6.86. The van der Waals surface area contributed by atoms with Crippen molar-refractivity contribution in [2.45, 2.75) is 19.4 Å². The summed E-state index contributed by atoms with van der Waals surface area (Å²) in [6.45, 7) is 5.32. The molecule has 0 aromatic carbocycles. The molecule has 1 atom stereocenters. The maximum atomic E-state index is 11.9. The fourth-order valence-electron chi connectivity index (χ4n) is 2.19. The van der Waals surface area contributed by atoms with Crippen LogP contribution in [-0.2, 0) is 5.60 Å². The SMILES string of the molecule is CCNC(=NCC(C)(O)c1ccco1)NCCNC(=O)c1cccnc1.I. The number of nitrogens with zero attached hydrogens (tertiary/aromatic N) is 2. The largest absolute Gasteiger partial charge is 0.466 e. The lowest BCUT2D eigenvalue weighted by Crippen LogP contribution is -2.42. The van der Waals surface area contributed by atoms with Crippen LogP contribution < -0.4 is 16.0 Å². The number of aliphatic hydroxyl groups is 1. The number of hydrogen-bond acceptors (Lipinski definition) is 5. The number of nitrogens with one attached hydrogen (secondary N) is 3. The fourth-order valence-corrected chi connectivity index (χ4v) is 2.19. The monoisotopic (exact) mass is 487 g/mol. The van der Waals surface area contributed by atoms with E-state index in [1.165, 1.54) is 12.5 Å². The quantitative estimate of drug-likeness (QED) is 0.194. The molecule has 9 heteroatoms. The van der Waals surface area contributed by atoms with Crippen molar-refractivity contribution in [2.75, 3.05) is 26.2 Å². The Morgan fingerprint density at radius 3 is 2.67 bits per heavy atom. The van der Waals surface area contributed by atoms with Gasteiger partial charge in [0, 0.05) is 32.0 Å². The molecule has 27 heavy (non-hydrogen) atoms. The maximum Gasteiger partial charge on any atom is 0.252 e. The van der Waals surface area contributed by atoms with Crippen LogP contribution in [0.2, 0.25) is 0 Å². The molecule has 2 heterocycles. The summed E-state index contributed by atoms with van der Waals surface area (Å²) in [4.78, 5) is 20.2. The van der Waals surface area contributed by atoms with Gasteiger partial charge in [-0.15, -0.1) is 24.0 Å². The van der Waals surface area contributed by atoms with E-state index in [1.54, 1.807) is 37.4 Å². The van der Waals surface area contributed by atoms with Crippen LogP contribution in [0.15, 0.2) is 52.3 Å². The van der Waals surface area contributed by atoms with Gasteiger partial charge in [-0.2, -0.15) is 0 Å². The number of carbonyl (C=O) groups excluding carboxylic acids is 1. The van der Waals surface area contributed by atoms with Crippen LogP contribution in [0.5, 0.6) is 0 Å². The second-order valence-electron chi connectivity index (χ2n) is 5.87. The molecule has 8 nitrogen and oxygen atoms in total. The summed E-state index contributed by atoms with van der Waals surface area (Å²) in [5.74, 6) is 0.832. The summed E-state index contributed by atoms with van der Waals surface area (Å²) in [5, 5.41) is 19.5. The smallest absolute Gasteiger partial charge is 0.252 e. The second-order valence-corrected chi connectivity index (χ2v) is 5.87. The van der Waals surface area contributed by atoms with Gasteiger partial charge >= 0.3 is 0 Å². The zero-order valence-electron chi connectivity index (χ0n) is 15.4. The molecule has 0 bridgehead atoms. The maximum absolute atomic E-state index is 11.9. The Balaban J connectivity index is 0.00000364. The number of pyridine rings is 1. The van der Waals surface area contributed by atoms with Crippen molar-refractivity contribution in [1.29, 1.82) is 0 Å². The molecule has 0 aliphatic heterocycles. The molecular weight excluding hydrogens is 461 g/mol. The number of guanidine groups is 1. The molecule has 0 saturated heterocycles. The molecule has 0 radical (unpaired) electrons. The zero-order chi connectivity index (χ0) is 18.8. The summed E-state index contributed by atoms with van der Waals surface area (Å²) >= 11 is 0. The first-order chi connectivity index (χ1) is 12.5. The third-order valence-corrected chi connectivity index (χ3v) is 3.57. The third kappa shape index (κ3) is 7.55. The van der Waals surface area contributed by atoms with Crippen molar-refractivity contribution >= 4 is 35.8 Å². The van der Waals surface area contributed by atoms with E-state index in [0.29, 0.717) is 36.9 Å². The van der Waals surface area contributed by atoms with E-state index in [0.717, 1.165) is 0 Å². The van der Waals surface area contributed by atoms with E-state index in [4.69, 9.17) is 4.42 Å². The van der Waals surface area contributed by atoms with Gasteiger partial charge < -0.3 is 25.5 Å². The average Bonchev–Trinajstić information content (AvgIpc) is 3.19. The van der Waals surface area contributed by atoms with E-state index < -0.39 is 5.60 Å². The number of amides is 1. The van der Waals surface area contributed by atoms with Crippen molar-refractivity contribution in [3.8, 4) is 0 Å². The number of furan rings is 1. The van der Waals surface area contributed by atoms with Crippen LogP contribution in [0.4, 0.5) is 0 Å². The van der Waals surface area contributed by atoms with Crippen LogP contribution in [0.3, 0.4) is 0 Å². The zero-order valence-corrected chi connectivity index (χ0v) is 17.8. The fraction of sp³-hybridized carbons (Fsp3) is 0.389. The van der Waals surface area contributed by atoms with E-state index in [2.05, 4.69) is 25.9 Å². The summed E-state index contributed by atoms with van der Waals surface area (Å²) in [5.41, 5.74) is -0.678. The van der Waals surface area contributed by atoms with Crippen LogP contribution in [0.25, 0.3) is 0 Å². The summed E-state index contributed by atoms with van der Waals surface area (Å²) in [7, 11) is 0. The topological polar surface area (TPSA) is 112 Å². The third-order valence-electron chi connectivity index (χ3n) is 3.57. The standard InChI is InChI=1S/C18H25N5O3.HI/c1-3-20-17(23-13-18(2,25)15-7-5-11-26-15)22-10-9-21-16(24)14-6-4-8-19-12-14;/h4-8,11-12,25H,3,9-10,13H2,1-2H3,(H,21,24)(H2,20,22,23);1H. The Kier molecular flexibility index (Phi) is 9.79. The number of rotatable bonds is 8. The van der Waals surface area contributed by atoms with E-state index in [-0.39, 0.29) is 36.4 Å². The number of aromatic nitrogens is 1. The molecule has 1 unspecified atom stereocenters. The molecule has 2 aromatic heterocycles. The molecule has 0 aliphatic rings.